The van der Waals surface area contributed by atoms with E-state index in [1.807, 2.05) is 0 Å². The summed E-state index contributed by atoms with van der Waals surface area (Å²) in [6, 6.07) is 5.40. The molecule has 0 aromatic heterocycles. The summed E-state index contributed by atoms with van der Waals surface area (Å²) in [5.41, 5.74) is 0.235. The van der Waals surface area contributed by atoms with Gasteiger partial charge in [-0.2, -0.15) is 8.42 Å². The zero-order valence-corrected chi connectivity index (χ0v) is 10.9. The number of benzene rings is 1. The van der Waals surface area contributed by atoms with Gasteiger partial charge in [0.05, 0.1) is 5.56 Å². The van der Waals surface area contributed by atoms with Gasteiger partial charge in [0, 0.05) is 0 Å². The van der Waals surface area contributed by atoms with Crippen LogP contribution in [0.5, 0.6) is 0 Å². The Labute approximate surface area is 111 Å². The largest absolute Gasteiger partial charge is 1.00 e. The Morgan fingerprint density at radius 2 is 2.00 bits per heavy atom. The Morgan fingerprint density at radius 3 is 2.47 bits per heavy atom. The van der Waals surface area contributed by atoms with E-state index in [9.17, 15) is 13.2 Å². The minimum Gasteiger partial charge on any atom is -1.00 e. The van der Waals surface area contributed by atoms with Crippen LogP contribution in [0.2, 0.25) is 0 Å². The van der Waals surface area contributed by atoms with Gasteiger partial charge in [-0.25, -0.2) is 4.79 Å². The van der Waals surface area contributed by atoms with Gasteiger partial charge in [0.15, 0.2) is 0 Å². The van der Waals surface area contributed by atoms with E-state index in [0.29, 0.717) is 0 Å². The Bertz CT molecular complexity index is 459. The molecule has 0 aliphatic heterocycles. The Morgan fingerprint density at radius 1 is 1.40 bits per heavy atom. The fraction of sp³-hybridized carbons (Fsp3) is 0.125. The average Bonchev–Trinajstić information content (AvgIpc) is 2.01. The molecule has 0 aliphatic rings. The van der Waals surface area contributed by atoms with Crippen LogP contribution >= 0.6 is 0 Å². The molecular formula is C8H9NaO5S. The Hall–Kier alpha value is -0.400. The second-order valence-electron chi connectivity index (χ2n) is 2.73. The molecule has 78 valence electrons. The van der Waals surface area contributed by atoms with Gasteiger partial charge < -0.3 is 6.53 Å². The molecule has 0 saturated carbocycles. The summed E-state index contributed by atoms with van der Waals surface area (Å²) in [6.45, 7) is 0. The van der Waals surface area contributed by atoms with Crippen LogP contribution in [0.1, 0.15) is 17.3 Å². The van der Waals surface area contributed by atoms with E-state index in [1.165, 1.54) is 24.3 Å². The normalized spacial score (nSPS) is 10.5. The van der Waals surface area contributed by atoms with Crippen molar-refractivity contribution in [3.05, 3.63) is 35.4 Å². The van der Waals surface area contributed by atoms with Crippen LogP contribution in [0.25, 0.3) is 0 Å². The molecule has 7 heteroatoms. The minimum atomic E-state index is -4.11. The fourth-order valence-electron chi connectivity index (χ4n) is 1.00. The molecule has 1 aromatic carbocycles. The molecule has 0 heterocycles. The SMILES string of the molecule is O=C(O)c1cccc(CS(=O)(=O)O)c1.[H-].[Na+]. The minimum absolute atomic E-state index is 0. The van der Waals surface area contributed by atoms with Gasteiger partial charge in [0.2, 0.25) is 0 Å². The molecule has 0 unspecified atom stereocenters. The van der Waals surface area contributed by atoms with Gasteiger partial charge in [0.25, 0.3) is 10.1 Å². The van der Waals surface area contributed by atoms with Crippen LogP contribution in [0.15, 0.2) is 24.3 Å². The summed E-state index contributed by atoms with van der Waals surface area (Å²) in [4.78, 5) is 10.5. The van der Waals surface area contributed by atoms with Gasteiger partial charge in [-0.05, 0) is 17.7 Å². The molecule has 1 aromatic rings. The predicted octanol–water partition coefficient (Wildman–Crippen LogP) is -2.11. The summed E-state index contributed by atoms with van der Waals surface area (Å²) < 4.78 is 29.5. The quantitative estimate of drug-likeness (QED) is 0.466. The first-order chi connectivity index (χ1) is 6.38. The molecule has 1 rings (SSSR count). The number of hydrogen-bond donors (Lipinski definition) is 2. The maximum Gasteiger partial charge on any atom is 1.00 e. The Balaban J connectivity index is 0. The van der Waals surface area contributed by atoms with E-state index >= 15 is 0 Å². The first-order valence-electron chi connectivity index (χ1n) is 3.66. The van der Waals surface area contributed by atoms with Gasteiger partial charge >= 0.3 is 35.5 Å². The summed E-state index contributed by atoms with van der Waals surface area (Å²) >= 11 is 0. The average molecular weight is 240 g/mol. The number of carboxylic acids is 1. The summed E-state index contributed by atoms with van der Waals surface area (Å²) in [7, 11) is -4.11. The number of hydrogen-bond acceptors (Lipinski definition) is 3. The third-order valence-corrected chi connectivity index (χ3v) is 2.22. The van der Waals surface area contributed by atoms with Crippen molar-refractivity contribution in [3.8, 4) is 0 Å². The van der Waals surface area contributed by atoms with Crippen molar-refractivity contribution in [3.63, 3.8) is 0 Å². The molecule has 0 spiro atoms. The molecule has 15 heavy (non-hydrogen) atoms. The summed E-state index contributed by atoms with van der Waals surface area (Å²) in [5.74, 6) is -1.71. The number of aromatic carboxylic acids is 1. The number of rotatable bonds is 3. The van der Waals surface area contributed by atoms with E-state index in [2.05, 4.69) is 0 Å². The molecule has 0 fully saturated rings. The Kier molecular flexibility index (Phi) is 5.47. The smallest absolute Gasteiger partial charge is 1.00 e. The van der Waals surface area contributed by atoms with Crippen molar-refractivity contribution < 1.29 is 53.9 Å². The molecule has 0 aliphatic carbocycles. The molecule has 0 radical (unpaired) electrons. The standard InChI is InChI=1S/C8H8O5S.Na.H/c9-8(10)7-3-1-2-6(4-7)5-14(11,12)13;;/h1-4H,5H2,(H,9,10)(H,11,12,13);;/q;+1;-1. The molecule has 0 saturated heterocycles. The topological polar surface area (TPSA) is 91.7 Å². The summed E-state index contributed by atoms with van der Waals surface area (Å²) in [5, 5.41) is 8.60. The van der Waals surface area contributed by atoms with Gasteiger partial charge in [-0.3, -0.25) is 4.55 Å². The van der Waals surface area contributed by atoms with Gasteiger partial charge in [-0.15, -0.1) is 0 Å². The molecule has 0 atom stereocenters. The maximum atomic E-state index is 10.5. The van der Waals surface area contributed by atoms with E-state index in [1.54, 1.807) is 0 Å². The third-order valence-electron chi connectivity index (χ3n) is 1.52. The van der Waals surface area contributed by atoms with Crippen LogP contribution < -0.4 is 29.6 Å². The van der Waals surface area contributed by atoms with Crippen LogP contribution in [-0.2, 0) is 15.9 Å². The fourth-order valence-corrected chi connectivity index (χ4v) is 1.61. The zero-order valence-electron chi connectivity index (χ0n) is 9.04. The molecule has 5 nitrogen and oxygen atoms in total. The molecule has 0 amide bonds. The number of carbonyl (C=O) groups is 1. The predicted molar refractivity (Wildman–Crippen MR) is 49.8 cm³/mol. The van der Waals surface area contributed by atoms with Crippen molar-refractivity contribution in [1.29, 1.82) is 0 Å². The van der Waals surface area contributed by atoms with Crippen LogP contribution in [0, 0.1) is 0 Å². The second kappa shape index (κ2) is 5.62. The number of carboxylic acid groups (broad SMARTS) is 1. The summed E-state index contributed by atoms with van der Waals surface area (Å²) in [6.07, 6.45) is 0. The van der Waals surface area contributed by atoms with Crippen LogP contribution in [0.3, 0.4) is 0 Å². The first-order valence-corrected chi connectivity index (χ1v) is 5.27. The van der Waals surface area contributed by atoms with Crippen LogP contribution in [-0.4, -0.2) is 24.0 Å². The molecule has 2 N–H and O–H groups in total. The van der Waals surface area contributed by atoms with E-state index in [4.69, 9.17) is 9.66 Å². The van der Waals surface area contributed by atoms with Crippen molar-refractivity contribution in [1.82, 2.24) is 0 Å². The van der Waals surface area contributed by atoms with Crippen LogP contribution in [0.4, 0.5) is 0 Å². The van der Waals surface area contributed by atoms with Gasteiger partial charge in [0.1, 0.15) is 5.75 Å². The van der Waals surface area contributed by atoms with Gasteiger partial charge in [-0.1, -0.05) is 12.1 Å². The monoisotopic (exact) mass is 240 g/mol. The van der Waals surface area contributed by atoms with Crippen molar-refractivity contribution in [2.45, 2.75) is 5.75 Å². The molecular weight excluding hydrogens is 231 g/mol. The first kappa shape index (κ1) is 14.6. The van der Waals surface area contributed by atoms with E-state index in [0.717, 1.165) is 0 Å². The van der Waals surface area contributed by atoms with Crippen molar-refractivity contribution in [2.75, 3.05) is 0 Å². The van der Waals surface area contributed by atoms with E-state index < -0.39 is 21.8 Å². The van der Waals surface area contributed by atoms with Crippen molar-refractivity contribution in [2.24, 2.45) is 0 Å². The second-order valence-corrected chi connectivity index (χ2v) is 4.18. The third kappa shape index (κ3) is 5.29. The molecule has 0 bridgehead atoms. The zero-order chi connectivity index (χ0) is 10.8. The van der Waals surface area contributed by atoms with E-state index in [-0.39, 0.29) is 42.1 Å². The van der Waals surface area contributed by atoms with Crippen molar-refractivity contribution >= 4 is 16.1 Å². The maximum absolute atomic E-state index is 10.5.